The van der Waals surface area contributed by atoms with E-state index >= 15 is 0 Å². The summed E-state index contributed by atoms with van der Waals surface area (Å²) in [5.41, 5.74) is 4.13. The number of aliphatic hydroxyl groups is 2. The van der Waals surface area contributed by atoms with E-state index in [2.05, 4.69) is 123 Å². The Labute approximate surface area is 339 Å². The lowest BCUT2D eigenvalue weighted by molar-refractivity contribution is 0.00949. The van der Waals surface area contributed by atoms with Crippen molar-refractivity contribution in [2.45, 2.75) is 51.7 Å². The van der Waals surface area contributed by atoms with Gasteiger partial charge in [0.2, 0.25) is 0 Å². The monoisotopic (exact) mass is 874 g/mol. The maximum Gasteiger partial charge on any atom is 0.410 e. The second kappa shape index (κ2) is 17.3. The van der Waals surface area contributed by atoms with Crippen LogP contribution in [0.5, 0.6) is 0 Å². The zero-order valence-corrected chi connectivity index (χ0v) is 35.1. The highest BCUT2D eigenvalue weighted by atomic mass is 79.9. The molecule has 4 aromatic carbocycles. The summed E-state index contributed by atoms with van der Waals surface area (Å²) >= 11 is 7.15. The summed E-state index contributed by atoms with van der Waals surface area (Å²) in [5, 5.41) is 29.8. The van der Waals surface area contributed by atoms with Crippen molar-refractivity contribution >= 4 is 81.6 Å². The van der Waals surface area contributed by atoms with E-state index < -0.39 is 11.7 Å². The molecule has 2 fully saturated rings. The van der Waals surface area contributed by atoms with Crippen LogP contribution in [0.4, 0.5) is 4.79 Å². The quantitative estimate of drug-likeness (QED) is 0.148. The first-order valence-electron chi connectivity index (χ1n) is 19.3. The predicted octanol–water partition coefficient (Wildman–Crippen LogP) is 7.29. The molecular weight excluding hydrogens is 824 g/mol. The third-order valence-corrected chi connectivity index (χ3v) is 11.4. The zero-order valence-electron chi connectivity index (χ0n) is 31.9. The lowest BCUT2D eigenvalue weighted by Crippen LogP contribution is -2.51. The Morgan fingerprint density at radius 1 is 0.636 bits per heavy atom. The number of nitrogens with one attached hydrogen (secondary N) is 1. The number of β-amino-alcohol motifs (C(OH)–C–C–N with tert-alkyl or cyclic N) is 2. The number of fused-ring (bicyclic) bond motifs is 6. The van der Waals surface area contributed by atoms with E-state index in [0.29, 0.717) is 32.7 Å². The van der Waals surface area contributed by atoms with Gasteiger partial charge < -0.3 is 34.3 Å². The van der Waals surface area contributed by atoms with Gasteiger partial charge in [-0.1, -0.05) is 68.3 Å². The summed E-state index contributed by atoms with van der Waals surface area (Å²) in [6.45, 7) is 14.8. The van der Waals surface area contributed by atoms with Crippen LogP contribution >= 0.6 is 31.9 Å². The van der Waals surface area contributed by atoms with Crippen molar-refractivity contribution in [3.63, 3.8) is 0 Å². The number of benzene rings is 4. The first kappa shape index (κ1) is 39.7. The molecule has 0 spiro atoms. The van der Waals surface area contributed by atoms with Gasteiger partial charge in [-0.25, -0.2) is 4.79 Å². The fourth-order valence-corrected chi connectivity index (χ4v) is 8.63. The predicted molar refractivity (Wildman–Crippen MR) is 230 cm³/mol. The molecule has 2 aliphatic rings. The number of para-hydroxylation sites is 2. The fourth-order valence-electron chi connectivity index (χ4n) is 7.91. The molecule has 0 saturated carbocycles. The summed E-state index contributed by atoms with van der Waals surface area (Å²) in [5.74, 6) is 0. The van der Waals surface area contributed by atoms with Gasteiger partial charge in [0.25, 0.3) is 0 Å². The number of halogens is 2. The summed E-state index contributed by atoms with van der Waals surface area (Å²) in [7, 11) is 0. The van der Waals surface area contributed by atoms with Crippen molar-refractivity contribution in [1.29, 1.82) is 0 Å². The molecule has 2 saturated heterocycles. The number of amides is 1. The molecule has 2 aliphatic heterocycles. The van der Waals surface area contributed by atoms with Crippen molar-refractivity contribution in [3.05, 3.63) is 93.9 Å². The van der Waals surface area contributed by atoms with Gasteiger partial charge in [0.1, 0.15) is 5.60 Å². The Bertz CT molecular complexity index is 2250. The van der Waals surface area contributed by atoms with Gasteiger partial charge in [-0.2, -0.15) is 0 Å². The topological polar surface area (TPSA) is 98.4 Å². The maximum atomic E-state index is 12.3. The van der Waals surface area contributed by atoms with Crippen molar-refractivity contribution in [3.8, 4) is 0 Å². The normalized spacial score (nSPS) is 17.1. The number of piperazine rings is 2. The van der Waals surface area contributed by atoms with E-state index in [-0.39, 0.29) is 12.2 Å². The highest BCUT2D eigenvalue weighted by molar-refractivity contribution is 9.10. The van der Waals surface area contributed by atoms with Crippen LogP contribution < -0.4 is 5.32 Å². The Kier molecular flexibility index (Phi) is 12.5. The van der Waals surface area contributed by atoms with Gasteiger partial charge in [-0.3, -0.25) is 9.80 Å². The maximum absolute atomic E-state index is 12.3. The molecule has 2 aromatic heterocycles. The molecule has 8 rings (SSSR count). The van der Waals surface area contributed by atoms with Gasteiger partial charge in [-0.15, -0.1) is 0 Å². The number of hydrogen-bond donors (Lipinski definition) is 3. The van der Waals surface area contributed by atoms with E-state index in [4.69, 9.17) is 4.74 Å². The van der Waals surface area contributed by atoms with Crippen LogP contribution in [0, 0.1) is 0 Å². The molecule has 292 valence electrons. The molecule has 0 aliphatic carbocycles. The Balaban J connectivity index is 0.000000174. The molecule has 6 aromatic rings. The van der Waals surface area contributed by atoms with Crippen molar-refractivity contribution in [2.24, 2.45) is 0 Å². The van der Waals surface area contributed by atoms with Gasteiger partial charge >= 0.3 is 6.09 Å². The molecule has 2 unspecified atom stereocenters. The van der Waals surface area contributed by atoms with Crippen LogP contribution in [-0.4, -0.2) is 123 Å². The molecule has 10 nitrogen and oxygen atoms in total. The number of carbonyl (C=O) groups is 1. The summed E-state index contributed by atoms with van der Waals surface area (Å²) in [6, 6.07) is 29.4. The van der Waals surface area contributed by atoms with Crippen molar-refractivity contribution in [2.75, 3.05) is 65.4 Å². The Morgan fingerprint density at radius 3 is 1.55 bits per heavy atom. The summed E-state index contributed by atoms with van der Waals surface area (Å²) < 4.78 is 12.1. The first-order valence-corrected chi connectivity index (χ1v) is 20.8. The number of hydrogen-bond acceptors (Lipinski definition) is 7. The third kappa shape index (κ3) is 9.56. The van der Waals surface area contributed by atoms with Crippen LogP contribution in [0.1, 0.15) is 20.8 Å². The van der Waals surface area contributed by atoms with Gasteiger partial charge in [0, 0.05) is 118 Å². The van der Waals surface area contributed by atoms with E-state index in [1.165, 1.54) is 32.6 Å². The van der Waals surface area contributed by atoms with Gasteiger partial charge in [0.05, 0.1) is 25.3 Å². The lowest BCUT2D eigenvalue weighted by atomic mass is 10.2. The lowest BCUT2D eigenvalue weighted by Gasteiger charge is -2.36. The minimum absolute atomic E-state index is 0.260. The molecule has 0 bridgehead atoms. The molecule has 4 heterocycles. The Morgan fingerprint density at radius 2 is 1.07 bits per heavy atom. The smallest absolute Gasteiger partial charge is 0.410 e. The first-order chi connectivity index (χ1) is 26.4. The third-order valence-electron chi connectivity index (χ3n) is 10.4. The van der Waals surface area contributed by atoms with Crippen molar-refractivity contribution in [1.82, 2.24) is 29.2 Å². The molecule has 0 radical (unpaired) electrons. The number of aromatic nitrogens is 2. The number of carbonyl (C=O) groups excluding carboxylic acids is 1. The van der Waals surface area contributed by atoms with Gasteiger partial charge in [0.15, 0.2) is 0 Å². The van der Waals surface area contributed by atoms with E-state index in [0.717, 1.165) is 65.8 Å². The van der Waals surface area contributed by atoms with Gasteiger partial charge in [-0.05, 0) is 69.3 Å². The van der Waals surface area contributed by atoms with Crippen LogP contribution in [-0.2, 0) is 17.8 Å². The SMILES string of the molecule is CC(C)(C)OC(=O)N1CCN(CC(O)Cn2c3ccccc3c3cc(Br)ccc32)CC1.OC(CN1CCNCC1)Cn1c2ccccc2c2cc(Br)ccc21. The number of rotatable bonds is 8. The average molecular weight is 877 g/mol. The highest BCUT2D eigenvalue weighted by Gasteiger charge is 2.27. The molecule has 55 heavy (non-hydrogen) atoms. The zero-order chi connectivity index (χ0) is 38.7. The minimum Gasteiger partial charge on any atom is -0.444 e. The van der Waals surface area contributed by atoms with E-state index in [1.807, 2.05) is 39.0 Å². The second-order valence-corrected chi connectivity index (χ2v) is 17.5. The Hall–Kier alpha value is -3.49. The fraction of sp³-hybridized carbons (Fsp3) is 0.419. The summed E-state index contributed by atoms with van der Waals surface area (Å²) in [4.78, 5) is 18.6. The number of nitrogens with zero attached hydrogens (tertiary/aromatic N) is 5. The van der Waals surface area contributed by atoms with E-state index in [1.54, 1.807) is 4.90 Å². The number of aliphatic hydroxyl groups excluding tert-OH is 2. The summed E-state index contributed by atoms with van der Waals surface area (Å²) in [6.07, 6.45) is -1.13. The standard InChI is InChI=1S/C24H30BrN3O3.C19H22BrN3O/c1-24(2,3)31-23(30)27-12-10-26(11-13-27)15-18(29)16-28-21-7-5-4-6-19(21)20-14-17(25)8-9-22(20)28;20-14-5-6-19-17(11-14)16-3-1-2-4-18(16)23(19)13-15(24)12-22-9-7-21-8-10-22/h4-9,14,18,29H,10-13,15-16H2,1-3H3;1-6,11,15,21,24H,7-10,12-13H2. The average Bonchev–Trinajstić information content (AvgIpc) is 3.63. The largest absolute Gasteiger partial charge is 0.444 e. The molecule has 1 amide bonds. The molecule has 2 atom stereocenters. The second-order valence-electron chi connectivity index (χ2n) is 15.7. The molecular formula is C43H52Br2N6O4. The van der Waals surface area contributed by atoms with Crippen LogP contribution in [0.15, 0.2) is 93.9 Å². The van der Waals surface area contributed by atoms with Crippen LogP contribution in [0.25, 0.3) is 43.6 Å². The molecule has 3 N–H and O–H groups in total. The van der Waals surface area contributed by atoms with Crippen molar-refractivity contribution < 1.29 is 19.7 Å². The molecule has 12 heteroatoms. The van der Waals surface area contributed by atoms with E-state index in [9.17, 15) is 15.0 Å². The van der Waals surface area contributed by atoms with Crippen LogP contribution in [0.2, 0.25) is 0 Å². The number of ether oxygens (including phenoxy) is 1. The highest BCUT2D eigenvalue weighted by Crippen LogP contribution is 2.33. The minimum atomic E-state index is -0.504. The van der Waals surface area contributed by atoms with Crippen LogP contribution in [0.3, 0.4) is 0 Å².